The minimum Gasteiger partial charge on any atom is -0.325 e. The Kier molecular flexibility index (Phi) is 5.50. The molecule has 0 fully saturated rings. The third-order valence-corrected chi connectivity index (χ3v) is 7.32. The maximum atomic E-state index is 13.3. The molecule has 2 heterocycles. The number of benzene rings is 2. The molecule has 1 aliphatic rings. The third-order valence-electron chi connectivity index (χ3n) is 6.43. The van der Waals surface area contributed by atoms with Crippen LogP contribution in [0.5, 0.6) is 0 Å². The highest BCUT2D eigenvalue weighted by atomic mass is 32.1. The zero-order valence-electron chi connectivity index (χ0n) is 18.7. The van der Waals surface area contributed by atoms with E-state index in [1.54, 1.807) is 11.4 Å². The number of aromatic nitrogens is 2. The van der Waals surface area contributed by atoms with Gasteiger partial charge in [0.05, 0.1) is 12.1 Å². The first kappa shape index (κ1) is 21.4. The van der Waals surface area contributed by atoms with Gasteiger partial charge in [-0.1, -0.05) is 24.3 Å². The Hall–Kier alpha value is -3.45. The van der Waals surface area contributed by atoms with Gasteiger partial charge in [0.1, 0.15) is 11.2 Å². The number of thiophene rings is 1. The van der Waals surface area contributed by atoms with Crippen LogP contribution in [0, 0.1) is 13.8 Å². The molecular weight excluding hydrogens is 434 g/mol. The summed E-state index contributed by atoms with van der Waals surface area (Å²) in [5, 5.41) is 4.70. The van der Waals surface area contributed by atoms with Crippen LogP contribution in [0.3, 0.4) is 0 Å². The van der Waals surface area contributed by atoms with Crippen LogP contribution in [-0.4, -0.2) is 15.0 Å². The number of carbonyl (C=O) groups excluding carboxylic acids is 1. The molecule has 1 amide bonds. The van der Waals surface area contributed by atoms with E-state index in [1.807, 2.05) is 44.2 Å². The number of rotatable bonds is 5. The Labute approximate surface area is 195 Å². The Balaban J connectivity index is 1.48. The average Bonchev–Trinajstić information content (AvgIpc) is 3.46. The topological polar surface area (TPSA) is 73.1 Å². The van der Waals surface area contributed by atoms with E-state index in [9.17, 15) is 14.4 Å². The molecule has 1 aliphatic carbocycles. The zero-order valence-corrected chi connectivity index (χ0v) is 19.5. The van der Waals surface area contributed by atoms with Crippen molar-refractivity contribution < 1.29 is 4.79 Å². The van der Waals surface area contributed by atoms with Crippen LogP contribution >= 0.6 is 11.3 Å². The van der Waals surface area contributed by atoms with Crippen LogP contribution in [0.2, 0.25) is 0 Å². The van der Waals surface area contributed by atoms with Gasteiger partial charge < -0.3 is 5.32 Å². The summed E-state index contributed by atoms with van der Waals surface area (Å²) in [5.74, 6) is -0.293. The second-order valence-electron chi connectivity index (χ2n) is 8.70. The number of fused-ring (bicyclic) bond motifs is 2. The van der Waals surface area contributed by atoms with Crippen molar-refractivity contribution in [1.29, 1.82) is 0 Å². The fourth-order valence-corrected chi connectivity index (χ4v) is 5.35. The minimum atomic E-state index is -0.478. The van der Waals surface area contributed by atoms with Gasteiger partial charge in [-0.2, -0.15) is 0 Å². The van der Waals surface area contributed by atoms with Crippen LogP contribution in [0.1, 0.15) is 34.2 Å². The van der Waals surface area contributed by atoms with Gasteiger partial charge in [-0.15, -0.1) is 11.3 Å². The molecule has 0 bridgehead atoms. The first-order valence-corrected chi connectivity index (χ1v) is 12.0. The molecule has 0 atom stereocenters. The summed E-state index contributed by atoms with van der Waals surface area (Å²) in [6.07, 6.45) is 3.24. The maximum absolute atomic E-state index is 13.3. The lowest BCUT2D eigenvalue weighted by Crippen LogP contribution is -2.41. The summed E-state index contributed by atoms with van der Waals surface area (Å²) >= 11 is 1.29. The number of carbonyl (C=O) groups is 1. The maximum Gasteiger partial charge on any atom is 0.332 e. The van der Waals surface area contributed by atoms with Crippen molar-refractivity contribution in [1.82, 2.24) is 9.13 Å². The highest BCUT2D eigenvalue weighted by molar-refractivity contribution is 7.17. The highest BCUT2D eigenvalue weighted by Gasteiger charge is 2.18. The number of nitrogens with zero attached hydrogens (tertiary/aromatic N) is 2. The second kappa shape index (κ2) is 8.48. The Morgan fingerprint density at radius 2 is 1.79 bits per heavy atom. The SMILES string of the molecule is Cc1ccc(Cn2c(=O)c3sccc3n(CC(=O)Nc3ccc4c(c3)CCC4)c2=O)cc1C. The molecule has 2 aromatic heterocycles. The Morgan fingerprint density at radius 1 is 0.970 bits per heavy atom. The van der Waals surface area contributed by atoms with Crippen molar-refractivity contribution in [3.63, 3.8) is 0 Å². The van der Waals surface area contributed by atoms with E-state index in [0.717, 1.165) is 41.6 Å². The van der Waals surface area contributed by atoms with Crippen LogP contribution in [-0.2, 0) is 30.7 Å². The summed E-state index contributed by atoms with van der Waals surface area (Å²) < 4.78 is 3.10. The quantitative estimate of drug-likeness (QED) is 0.490. The summed E-state index contributed by atoms with van der Waals surface area (Å²) in [5.41, 5.74) is 6.17. The van der Waals surface area contributed by atoms with Gasteiger partial charge in [0.2, 0.25) is 5.91 Å². The summed E-state index contributed by atoms with van der Waals surface area (Å²) in [4.78, 5) is 39.3. The molecule has 1 N–H and O–H groups in total. The van der Waals surface area contributed by atoms with E-state index in [-0.39, 0.29) is 24.6 Å². The summed E-state index contributed by atoms with van der Waals surface area (Å²) in [7, 11) is 0. The molecule has 0 radical (unpaired) electrons. The minimum absolute atomic E-state index is 0.156. The van der Waals surface area contributed by atoms with E-state index in [1.165, 1.54) is 31.6 Å². The Bertz CT molecular complexity index is 1510. The summed E-state index contributed by atoms with van der Waals surface area (Å²) in [6.45, 7) is 4.04. The molecule has 0 spiro atoms. The van der Waals surface area contributed by atoms with Gasteiger partial charge in [0.15, 0.2) is 0 Å². The number of hydrogen-bond acceptors (Lipinski definition) is 4. The van der Waals surface area contributed by atoms with Gasteiger partial charge in [0, 0.05) is 5.69 Å². The van der Waals surface area contributed by atoms with Gasteiger partial charge in [-0.25, -0.2) is 4.79 Å². The summed E-state index contributed by atoms with van der Waals surface area (Å²) in [6, 6.07) is 13.6. The van der Waals surface area contributed by atoms with Gasteiger partial charge >= 0.3 is 5.69 Å². The fraction of sp³-hybridized carbons (Fsp3) is 0.269. The Morgan fingerprint density at radius 3 is 2.61 bits per heavy atom. The molecule has 168 valence electrons. The molecule has 0 saturated heterocycles. The standard InChI is InChI=1S/C26H25N3O3S/c1-16-6-7-18(12-17(16)2)14-29-25(31)24-22(10-11-33-24)28(26(29)32)15-23(30)27-21-9-8-19-4-3-5-20(19)13-21/h6-13H,3-5,14-15H2,1-2H3,(H,27,30). The second-order valence-corrected chi connectivity index (χ2v) is 9.61. The van der Waals surface area contributed by atoms with Gasteiger partial charge in [-0.3, -0.25) is 18.7 Å². The average molecular weight is 460 g/mol. The van der Waals surface area contributed by atoms with Crippen molar-refractivity contribution in [2.45, 2.75) is 46.2 Å². The zero-order chi connectivity index (χ0) is 23.1. The molecule has 0 saturated carbocycles. The van der Waals surface area contributed by atoms with E-state index in [0.29, 0.717) is 10.2 Å². The molecule has 5 rings (SSSR count). The largest absolute Gasteiger partial charge is 0.332 e. The molecule has 0 aliphatic heterocycles. The van der Waals surface area contributed by atoms with Crippen molar-refractivity contribution in [2.75, 3.05) is 5.32 Å². The van der Waals surface area contributed by atoms with Crippen molar-refractivity contribution >= 4 is 33.1 Å². The first-order chi connectivity index (χ1) is 15.9. The van der Waals surface area contributed by atoms with Crippen molar-refractivity contribution in [3.8, 4) is 0 Å². The normalized spacial score (nSPS) is 12.8. The molecule has 6 nitrogen and oxygen atoms in total. The van der Waals surface area contributed by atoms with Crippen molar-refractivity contribution in [2.24, 2.45) is 0 Å². The number of amides is 1. The van der Waals surface area contributed by atoms with E-state index < -0.39 is 5.69 Å². The van der Waals surface area contributed by atoms with Gasteiger partial charge in [-0.05, 0) is 84.5 Å². The van der Waals surface area contributed by atoms with E-state index in [4.69, 9.17) is 0 Å². The van der Waals surface area contributed by atoms with Crippen molar-refractivity contribution in [3.05, 3.63) is 96.5 Å². The fourth-order valence-electron chi connectivity index (χ4n) is 4.50. The third kappa shape index (κ3) is 4.04. The van der Waals surface area contributed by atoms with Crippen LogP contribution in [0.4, 0.5) is 5.69 Å². The number of hydrogen-bond donors (Lipinski definition) is 1. The molecule has 33 heavy (non-hydrogen) atoms. The highest BCUT2D eigenvalue weighted by Crippen LogP contribution is 2.25. The number of aryl methyl sites for hydroxylation is 4. The lowest BCUT2D eigenvalue weighted by Gasteiger charge is -2.13. The number of anilines is 1. The predicted octanol–water partition coefficient (Wildman–Crippen LogP) is 4.02. The van der Waals surface area contributed by atoms with Crippen LogP contribution in [0.15, 0.2) is 57.4 Å². The monoisotopic (exact) mass is 459 g/mol. The molecule has 0 unspecified atom stereocenters. The molecular formula is C26H25N3O3S. The molecule has 7 heteroatoms. The van der Waals surface area contributed by atoms with Gasteiger partial charge in [0.25, 0.3) is 5.56 Å². The molecule has 2 aromatic carbocycles. The smallest absolute Gasteiger partial charge is 0.325 e. The first-order valence-electron chi connectivity index (χ1n) is 11.1. The number of nitrogens with one attached hydrogen (secondary N) is 1. The van der Waals surface area contributed by atoms with E-state index >= 15 is 0 Å². The van der Waals surface area contributed by atoms with Crippen LogP contribution in [0.25, 0.3) is 10.2 Å². The van der Waals surface area contributed by atoms with Crippen LogP contribution < -0.4 is 16.6 Å². The van der Waals surface area contributed by atoms with E-state index in [2.05, 4.69) is 11.4 Å². The predicted molar refractivity (Wildman–Crippen MR) is 132 cm³/mol. The lowest BCUT2D eigenvalue weighted by molar-refractivity contribution is -0.116. The lowest BCUT2D eigenvalue weighted by atomic mass is 10.1. The molecule has 4 aromatic rings.